The Labute approximate surface area is 104 Å². The van der Waals surface area contributed by atoms with Crippen LogP contribution in [0, 0.1) is 0 Å². The van der Waals surface area contributed by atoms with E-state index in [1.807, 2.05) is 36.2 Å². The second-order valence-corrected chi connectivity index (χ2v) is 5.18. The number of hydrogen-bond acceptors (Lipinski definition) is 4. The van der Waals surface area contributed by atoms with Crippen molar-refractivity contribution in [3.8, 4) is 0 Å². The van der Waals surface area contributed by atoms with E-state index in [0.29, 0.717) is 6.54 Å². The van der Waals surface area contributed by atoms with Gasteiger partial charge in [-0.3, -0.25) is 9.69 Å². The Morgan fingerprint density at radius 2 is 2.24 bits per heavy atom. The first-order chi connectivity index (χ1) is 8.08. The van der Waals surface area contributed by atoms with Crippen molar-refractivity contribution in [2.24, 2.45) is 5.73 Å². The number of hydrogen-bond donors (Lipinski definition) is 1. The average Bonchev–Trinajstić information content (AvgIpc) is 2.69. The summed E-state index contributed by atoms with van der Waals surface area (Å²) in [5.74, 6) is -0.311. The molecule has 0 aliphatic carbocycles. The van der Waals surface area contributed by atoms with E-state index in [1.165, 1.54) is 4.70 Å². The van der Waals surface area contributed by atoms with E-state index >= 15 is 0 Å². The number of carbonyl (C=O) groups is 1. The Morgan fingerprint density at radius 3 is 2.88 bits per heavy atom. The van der Waals surface area contributed by atoms with Gasteiger partial charge in [-0.05, 0) is 26.1 Å². The Morgan fingerprint density at radius 1 is 1.53 bits per heavy atom. The van der Waals surface area contributed by atoms with Gasteiger partial charge in [0.05, 0.1) is 22.8 Å². The number of nitrogens with two attached hydrogens (primary N) is 1. The number of benzene rings is 1. The van der Waals surface area contributed by atoms with Gasteiger partial charge >= 0.3 is 0 Å². The molecule has 0 radical (unpaired) electrons. The highest BCUT2D eigenvalue weighted by atomic mass is 32.1. The van der Waals surface area contributed by atoms with E-state index in [9.17, 15) is 4.79 Å². The average molecular weight is 249 g/mol. The fraction of sp³-hybridized carbons (Fsp3) is 0.333. The monoisotopic (exact) mass is 249 g/mol. The number of carbonyl (C=O) groups excluding carboxylic acids is 1. The molecule has 0 fully saturated rings. The topological polar surface area (TPSA) is 59.2 Å². The molecule has 1 aromatic carbocycles. The van der Waals surface area contributed by atoms with Gasteiger partial charge in [0.1, 0.15) is 5.01 Å². The van der Waals surface area contributed by atoms with Gasteiger partial charge in [-0.1, -0.05) is 12.1 Å². The third-order valence-corrected chi connectivity index (χ3v) is 3.82. The van der Waals surface area contributed by atoms with Crippen LogP contribution < -0.4 is 5.73 Å². The summed E-state index contributed by atoms with van der Waals surface area (Å²) in [6, 6.07) is 7.74. The van der Waals surface area contributed by atoms with Crippen LogP contribution in [0.3, 0.4) is 0 Å². The SMILES string of the molecule is C[C@H](C(N)=O)N(C)Cc1nc2ccccc2s1. The lowest BCUT2D eigenvalue weighted by Crippen LogP contribution is -2.39. The van der Waals surface area contributed by atoms with Crippen LogP contribution in [0.4, 0.5) is 0 Å². The van der Waals surface area contributed by atoms with E-state index < -0.39 is 0 Å². The molecule has 17 heavy (non-hydrogen) atoms. The molecule has 2 N–H and O–H groups in total. The molecule has 0 unspecified atom stereocenters. The van der Waals surface area contributed by atoms with Gasteiger partial charge in [-0.2, -0.15) is 0 Å². The highest BCUT2D eigenvalue weighted by Gasteiger charge is 2.16. The van der Waals surface area contributed by atoms with Crippen molar-refractivity contribution in [1.29, 1.82) is 0 Å². The fourth-order valence-electron chi connectivity index (χ4n) is 1.56. The highest BCUT2D eigenvalue weighted by molar-refractivity contribution is 7.18. The van der Waals surface area contributed by atoms with Crippen LogP contribution in [0.5, 0.6) is 0 Å². The van der Waals surface area contributed by atoms with E-state index in [2.05, 4.69) is 4.98 Å². The predicted octanol–water partition coefficient (Wildman–Crippen LogP) is 1.60. The number of nitrogens with zero attached hydrogens (tertiary/aromatic N) is 2. The number of fused-ring (bicyclic) bond motifs is 1. The molecular formula is C12H15N3OS. The zero-order valence-electron chi connectivity index (χ0n) is 9.88. The van der Waals surface area contributed by atoms with Gasteiger partial charge in [-0.15, -0.1) is 11.3 Å². The minimum Gasteiger partial charge on any atom is -0.368 e. The lowest BCUT2D eigenvalue weighted by atomic mass is 10.3. The predicted molar refractivity (Wildman–Crippen MR) is 69.7 cm³/mol. The maximum absolute atomic E-state index is 11.1. The fourth-order valence-corrected chi connectivity index (χ4v) is 2.59. The molecule has 0 saturated carbocycles. The number of thiazole rings is 1. The number of likely N-dealkylation sites (N-methyl/N-ethyl adjacent to an activating group) is 1. The van der Waals surface area contributed by atoms with Crippen LogP contribution in [0.1, 0.15) is 11.9 Å². The smallest absolute Gasteiger partial charge is 0.234 e. The maximum atomic E-state index is 11.1. The van der Waals surface area contributed by atoms with Gasteiger partial charge < -0.3 is 5.73 Å². The molecule has 0 saturated heterocycles. The highest BCUT2D eigenvalue weighted by Crippen LogP contribution is 2.22. The summed E-state index contributed by atoms with van der Waals surface area (Å²) in [4.78, 5) is 17.5. The molecule has 0 aliphatic rings. The van der Waals surface area contributed by atoms with Crippen LogP contribution in [0.2, 0.25) is 0 Å². The second kappa shape index (κ2) is 4.81. The van der Waals surface area contributed by atoms with E-state index in [0.717, 1.165) is 10.5 Å². The Hall–Kier alpha value is -1.46. The molecule has 1 heterocycles. The summed E-state index contributed by atoms with van der Waals surface area (Å²) in [6.07, 6.45) is 0. The molecule has 1 atom stereocenters. The Kier molecular flexibility index (Phi) is 3.40. The lowest BCUT2D eigenvalue weighted by Gasteiger charge is -2.20. The van der Waals surface area contributed by atoms with Crippen LogP contribution in [0.15, 0.2) is 24.3 Å². The standard InChI is InChI=1S/C12H15N3OS/c1-8(12(13)16)15(2)7-11-14-9-5-3-4-6-10(9)17-11/h3-6,8H,7H2,1-2H3,(H2,13,16)/t8-/m1/s1. The minimum absolute atomic E-state index is 0.276. The number of rotatable bonds is 4. The zero-order valence-corrected chi connectivity index (χ0v) is 10.7. The van der Waals surface area contributed by atoms with Crippen LogP contribution in [0.25, 0.3) is 10.2 Å². The molecule has 5 heteroatoms. The van der Waals surface area contributed by atoms with Crippen molar-refractivity contribution in [1.82, 2.24) is 9.88 Å². The van der Waals surface area contributed by atoms with Crippen LogP contribution in [-0.2, 0) is 11.3 Å². The van der Waals surface area contributed by atoms with Gasteiger partial charge in [0.25, 0.3) is 0 Å². The molecule has 2 rings (SSSR count). The van der Waals surface area contributed by atoms with Crippen molar-refractivity contribution < 1.29 is 4.79 Å². The molecule has 90 valence electrons. The summed E-state index contributed by atoms with van der Waals surface area (Å²) in [5.41, 5.74) is 6.28. The lowest BCUT2D eigenvalue weighted by molar-refractivity contribution is -0.122. The number of amides is 1. The number of aromatic nitrogens is 1. The molecular weight excluding hydrogens is 234 g/mol. The molecule has 1 amide bonds. The van der Waals surface area contributed by atoms with Gasteiger partial charge in [0.15, 0.2) is 0 Å². The summed E-state index contributed by atoms with van der Waals surface area (Å²) in [5, 5.41) is 1.00. The summed E-state index contributed by atoms with van der Waals surface area (Å²) in [6.45, 7) is 2.44. The first kappa shape index (κ1) is 12.0. The van der Waals surface area contributed by atoms with E-state index in [-0.39, 0.29) is 11.9 Å². The summed E-state index contributed by atoms with van der Waals surface area (Å²) < 4.78 is 1.17. The van der Waals surface area contributed by atoms with Crippen molar-refractivity contribution >= 4 is 27.5 Å². The van der Waals surface area contributed by atoms with E-state index in [4.69, 9.17) is 5.73 Å². The van der Waals surface area contributed by atoms with Gasteiger partial charge in [0.2, 0.25) is 5.91 Å². The Bertz CT molecular complexity index is 504. The van der Waals surface area contributed by atoms with Crippen molar-refractivity contribution in [3.05, 3.63) is 29.3 Å². The molecule has 0 aliphatic heterocycles. The minimum atomic E-state index is -0.311. The summed E-state index contributed by atoms with van der Waals surface area (Å²) in [7, 11) is 1.88. The third kappa shape index (κ3) is 2.62. The maximum Gasteiger partial charge on any atom is 0.234 e. The first-order valence-electron chi connectivity index (χ1n) is 5.42. The van der Waals surface area contributed by atoms with E-state index in [1.54, 1.807) is 18.3 Å². The van der Waals surface area contributed by atoms with Crippen molar-refractivity contribution in [2.75, 3.05) is 7.05 Å². The largest absolute Gasteiger partial charge is 0.368 e. The summed E-state index contributed by atoms with van der Waals surface area (Å²) >= 11 is 1.65. The molecule has 0 spiro atoms. The zero-order chi connectivity index (χ0) is 12.4. The third-order valence-electron chi connectivity index (χ3n) is 2.80. The quantitative estimate of drug-likeness (QED) is 0.895. The number of primary amides is 1. The molecule has 1 aromatic heterocycles. The Balaban J connectivity index is 2.15. The molecule has 2 aromatic rings. The van der Waals surface area contributed by atoms with Crippen LogP contribution >= 0.6 is 11.3 Å². The van der Waals surface area contributed by atoms with Crippen LogP contribution in [-0.4, -0.2) is 28.9 Å². The normalized spacial score (nSPS) is 13.1. The van der Waals surface area contributed by atoms with Crippen molar-refractivity contribution in [3.63, 3.8) is 0 Å². The first-order valence-corrected chi connectivity index (χ1v) is 6.23. The van der Waals surface area contributed by atoms with Gasteiger partial charge in [0, 0.05) is 0 Å². The second-order valence-electron chi connectivity index (χ2n) is 4.07. The van der Waals surface area contributed by atoms with Gasteiger partial charge in [-0.25, -0.2) is 4.98 Å². The molecule has 4 nitrogen and oxygen atoms in total. The van der Waals surface area contributed by atoms with Crippen molar-refractivity contribution in [2.45, 2.75) is 19.5 Å². The molecule has 0 bridgehead atoms. The number of para-hydroxylation sites is 1.